The van der Waals surface area contributed by atoms with Crippen molar-refractivity contribution in [3.05, 3.63) is 36.0 Å². The number of aliphatic carboxylic acids is 1. The number of nitrogens with one attached hydrogen (secondary N) is 4. The van der Waals surface area contributed by atoms with Crippen LogP contribution < -0.4 is 21.7 Å². The number of hydrogen-bond acceptors (Lipinski definition) is 5. The van der Waals surface area contributed by atoms with Crippen LogP contribution in [0.4, 0.5) is 0 Å². The van der Waals surface area contributed by atoms with E-state index in [2.05, 4.69) is 20.9 Å². The first kappa shape index (κ1) is 23.9. The number of benzene rings is 1. The van der Waals surface area contributed by atoms with Crippen molar-refractivity contribution >= 4 is 34.6 Å². The van der Waals surface area contributed by atoms with Crippen LogP contribution in [0, 0.1) is 5.92 Å². The van der Waals surface area contributed by atoms with Gasteiger partial charge in [0, 0.05) is 17.1 Å². The van der Waals surface area contributed by atoms with Crippen LogP contribution in [0.5, 0.6) is 0 Å². The standard InChI is InChI=1S/C21H29N5O5/c1-11(2)18(21(30)31)26-17(27)10-24-19(28)12(3)25-20(29)15(22)8-13-9-23-16-7-5-4-6-14(13)16/h4-7,9,11-12,15,18,23H,8,10,22H2,1-3H3,(H,24,28)(H,25,29)(H,26,27)(H,30,31). The van der Waals surface area contributed by atoms with E-state index < -0.39 is 48.4 Å². The van der Waals surface area contributed by atoms with Gasteiger partial charge < -0.3 is 31.8 Å². The van der Waals surface area contributed by atoms with Gasteiger partial charge in [-0.3, -0.25) is 14.4 Å². The lowest BCUT2D eigenvalue weighted by Gasteiger charge is -2.19. The van der Waals surface area contributed by atoms with Gasteiger partial charge in [-0.05, 0) is 30.9 Å². The number of aromatic nitrogens is 1. The molecule has 0 aliphatic carbocycles. The minimum atomic E-state index is -1.15. The molecule has 31 heavy (non-hydrogen) atoms. The second-order valence-electron chi connectivity index (χ2n) is 7.75. The number of H-pyrrole nitrogens is 1. The molecule has 7 N–H and O–H groups in total. The van der Waals surface area contributed by atoms with Gasteiger partial charge in [0.15, 0.2) is 0 Å². The molecule has 0 spiro atoms. The lowest BCUT2D eigenvalue weighted by atomic mass is 10.0. The van der Waals surface area contributed by atoms with E-state index >= 15 is 0 Å². The molecule has 3 amide bonds. The van der Waals surface area contributed by atoms with Gasteiger partial charge in [-0.25, -0.2) is 4.79 Å². The van der Waals surface area contributed by atoms with Crippen LogP contribution in [-0.4, -0.2) is 58.5 Å². The van der Waals surface area contributed by atoms with Crippen LogP contribution >= 0.6 is 0 Å². The zero-order valence-corrected chi connectivity index (χ0v) is 17.8. The summed E-state index contributed by atoms with van der Waals surface area (Å²) >= 11 is 0. The number of aromatic amines is 1. The number of carbonyl (C=O) groups excluding carboxylic acids is 3. The van der Waals surface area contributed by atoms with E-state index in [0.717, 1.165) is 16.5 Å². The first-order valence-corrected chi connectivity index (χ1v) is 10.0. The summed E-state index contributed by atoms with van der Waals surface area (Å²) in [5, 5.41) is 17.3. The molecule has 0 saturated carbocycles. The Labute approximate surface area is 179 Å². The van der Waals surface area contributed by atoms with Gasteiger partial charge >= 0.3 is 5.97 Å². The first-order chi connectivity index (χ1) is 14.6. The highest BCUT2D eigenvalue weighted by molar-refractivity contribution is 5.92. The molecule has 1 aromatic carbocycles. The molecule has 2 rings (SSSR count). The Bertz CT molecular complexity index is 955. The summed E-state index contributed by atoms with van der Waals surface area (Å²) in [6.07, 6.45) is 2.09. The number of carboxylic acid groups (broad SMARTS) is 1. The van der Waals surface area contributed by atoms with Crippen molar-refractivity contribution in [1.82, 2.24) is 20.9 Å². The van der Waals surface area contributed by atoms with Gasteiger partial charge in [-0.2, -0.15) is 0 Å². The minimum Gasteiger partial charge on any atom is -0.480 e. The van der Waals surface area contributed by atoms with Crippen LogP contribution in [0.1, 0.15) is 26.3 Å². The maximum Gasteiger partial charge on any atom is 0.326 e. The van der Waals surface area contributed by atoms with Crippen LogP contribution in [0.25, 0.3) is 10.9 Å². The average Bonchev–Trinajstić information content (AvgIpc) is 3.12. The van der Waals surface area contributed by atoms with E-state index in [1.807, 2.05) is 24.3 Å². The van der Waals surface area contributed by atoms with Gasteiger partial charge in [0.05, 0.1) is 12.6 Å². The molecule has 0 aliphatic heterocycles. The number of hydrogen-bond donors (Lipinski definition) is 6. The molecule has 10 heteroatoms. The molecule has 168 valence electrons. The highest BCUT2D eigenvalue weighted by Crippen LogP contribution is 2.18. The fraction of sp³-hybridized carbons (Fsp3) is 0.429. The zero-order valence-electron chi connectivity index (χ0n) is 17.8. The van der Waals surface area contributed by atoms with Gasteiger partial charge in [-0.15, -0.1) is 0 Å². The highest BCUT2D eigenvalue weighted by Gasteiger charge is 2.25. The number of amides is 3. The van der Waals surface area contributed by atoms with Crippen molar-refractivity contribution in [2.75, 3.05) is 6.54 Å². The van der Waals surface area contributed by atoms with Gasteiger partial charge in [0.1, 0.15) is 12.1 Å². The summed E-state index contributed by atoms with van der Waals surface area (Å²) in [5.74, 6) is -3.18. The van der Waals surface area contributed by atoms with E-state index in [1.165, 1.54) is 6.92 Å². The maximum atomic E-state index is 12.4. The Morgan fingerprint density at radius 1 is 1.06 bits per heavy atom. The molecule has 1 heterocycles. The predicted octanol–water partition coefficient (Wildman–Crippen LogP) is -0.116. The zero-order chi connectivity index (χ0) is 23.1. The molecular weight excluding hydrogens is 402 g/mol. The summed E-state index contributed by atoms with van der Waals surface area (Å²) in [6.45, 7) is 4.39. The largest absolute Gasteiger partial charge is 0.480 e. The summed E-state index contributed by atoms with van der Waals surface area (Å²) in [7, 11) is 0. The Hall–Kier alpha value is -3.40. The number of rotatable bonds is 10. The van der Waals surface area contributed by atoms with Crippen LogP contribution in [0.15, 0.2) is 30.5 Å². The van der Waals surface area contributed by atoms with Crippen molar-refractivity contribution in [3.63, 3.8) is 0 Å². The number of carboxylic acids is 1. The predicted molar refractivity (Wildman–Crippen MR) is 115 cm³/mol. The first-order valence-electron chi connectivity index (χ1n) is 10.0. The topological polar surface area (TPSA) is 166 Å². The lowest BCUT2D eigenvalue weighted by molar-refractivity contribution is -0.143. The van der Waals surface area contributed by atoms with E-state index in [4.69, 9.17) is 10.8 Å². The maximum absolute atomic E-state index is 12.4. The molecule has 3 atom stereocenters. The average molecular weight is 431 g/mol. The normalized spacial score (nSPS) is 14.0. The summed E-state index contributed by atoms with van der Waals surface area (Å²) in [5.41, 5.74) is 7.84. The van der Waals surface area contributed by atoms with Gasteiger partial charge in [-0.1, -0.05) is 32.0 Å². The third kappa shape index (κ3) is 6.54. The summed E-state index contributed by atoms with van der Waals surface area (Å²) in [4.78, 5) is 50.7. The Kier molecular flexibility index (Phi) is 8.14. The molecule has 10 nitrogen and oxygen atoms in total. The third-order valence-corrected chi connectivity index (χ3v) is 4.88. The van der Waals surface area contributed by atoms with Crippen LogP contribution in [-0.2, 0) is 25.6 Å². The molecule has 1 aromatic heterocycles. The second kappa shape index (κ2) is 10.6. The number of carbonyl (C=O) groups is 4. The Balaban J connectivity index is 1.82. The molecule has 0 fully saturated rings. The van der Waals surface area contributed by atoms with Crippen LogP contribution in [0.3, 0.4) is 0 Å². The van der Waals surface area contributed by atoms with Gasteiger partial charge in [0.25, 0.3) is 0 Å². The smallest absolute Gasteiger partial charge is 0.326 e. The second-order valence-corrected chi connectivity index (χ2v) is 7.75. The van der Waals surface area contributed by atoms with E-state index in [-0.39, 0.29) is 5.92 Å². The highest BCUT2D eigenvalue weighted by atomic mass is 16.4. The fourth-order valence-electron chi connectivity index (χ4n) is 3.07. The lowest BCUT2D eigenvalue weighted by Crippen LogP contribution is -2.53. The van der Waals surface area contributed by atoms with E-state index in [9.17, 15) is 19.2 Å². The molecule has 0 bridgehead atoms. The Morgan fingerprint density at radius 3 is 2.39 bits per heavy atom. The summed E-state index contributed by atoms with van der Waals surface area (Å²) < 4.78 is 0. The van der Waals surface area contributed by atoms with Crippen molar-refractivity contribution in [1.29, 1.82) is 0 Å². The van der Waals surface area contributed by atoms with E-state index in [0.29, 0.717) is 6.42 Å². The van der Waals surface area contributed by atoms with Crippen molar-refractivity contribution < 1.29 is 24.3 Å². The fourth-order valence-corrected chi connectivity index (χ4v) is 3.07. The molecule has 0 radical (unpaired) electrons. The minimum absolute atomic E-state index is 0.290. The SMILES string of the molecule is CC(NC(=O)C(N)Cc1c[nH]c2ccccc12)C(=O)NCC(=O)NC(C(=O)O)C(C)C. The monoisotopic (exact) mass is 431 g/mol. The molecule has 2 aromatic rings. The van der Waals surface area contributed by atoms with E-state index in [1.54, 1.807) is 20.0 Å². The van der Waals surface area contributed by atoms with Crippen molar-refractivity contribution in [3.8, 4) is 0 Å². The number of para-hydroxylation sites is 1. The van der Waals surface area contributed by atoms with Crippen molar-refractivity contribution in [2.45, 2.75) is 45.3 Å². The Morgan fingerprint density at radius 2 is 1.74 bits per heavy atom. The molecule has 3 unspecified atom stereocenters. The van der Waals surface area contributed by atoms with Gasteiger partial charge in [0.2, 0.25) is 17.7 Å². The molecule has 0 saturated heterocycles. The van der Waals surface area contributed by atoms with Crippen LogP contribution in [0.2, 0.25) is 0 Å². The quantitative estimate of drug-likeness (QED) is 0.307. The van der Waals surface area contributed by atoms with Crippen molar-refractivity contribution in [2.24, 2.45) is 11.7 Å². The number of nitrogens with two attached hydrogens (primary N) is 1. The molecule has 0 aliphatic rings. The number of fused-ring (bicyclic) bond motifs is 1. The molecular formula is C21H29N5O5. The summed E-state index contributed by atoms with van der Waals surface area (Å²) in [6, 6.07) is 4.82. The third-order valence-electron chi connectivity index (χ3n) is 4.88.